The van der Waals surface area contributed by atoms with E-state index < -0.39 is 0 Å². The van der Waals surface area contributed by atoms with Crippen LogP contribution in [0.1, 0.15) is 37.9 Å². The monoisotopic (exact) mass is 193 g/mol. The van der Waals surface area contributed by atoms with Crippen LogP contribution in [0.3, 0.4) is 0 Å². The smallest absolute Gasteiger partial charge is 0.254 e. The minimum atomic E-state index is -0.0593. The second-order valence-corrected chi connectivity index (χ2v) is 3.89. The van der Waals surface area contributed by atoms with E-state index in [0.29, 0.717) is 6.04 Å². The van der Waals surface area contributed by atoms with Gasteiger partial charge in [-0.05, 0) is 25.3 Å². The van der Waals surface area contributed by atoms with E-state index in [1.54, 1.807) is 6.07 Å². The van der Waals surface area contributed by atoms with Crippen molar-refractivity contribution in [3.8, 4) is 5.75 Å². The van der Waals surface area contributed by atoms with E-state index >= 15 is 0 Å². The molecule has 1 aliphatic carbocycles. The third-order valence-electron chi connectivity index (χ3n) is 2.55. The first-order chi connectivity index (χ1) is 6.72. The predicted molar refractivity (Wildman–Crippen MR) is 54.6 cm³/mol. The zero-order valence-corrected chi connectivity index (χ0v) is 8.36. The molecule has 3 heteroatoms. The van der Waals surface area contributed by atoms with Crippen LogP contribution in [-0.4, -0.2) is 9.67 Å². The van der Waals surface area contributed by atoms with Crippen molar-refractivity contribution >= 4 is 0 Å². The highest BCUT2D eigenvalue weighted by Crippen LogP contribution is 2.35. The molecule has 1 aromatic heterocycles. The molecule has 1 N–H and O–H groups in total. The van der Waals surface area contributed by atoms with Crippen LogP contribution in [0.4, 0.5) is 0 Å². The van der Waals surface area contributed by atoms with Crippen LogP contribution in [0.15, 0.2) is 16.9 Å². The average Bonchev–Trinajstić information content (AvgIpc) is 2.87. The lowest BCUT2D eigenvalue weighted by Gasteiger charge is -2.11. The Balaban J connectivity index is 2.47. The fraction of sp³-hybridized carbons (Fsp3) is 0.545. The van der Waals surface area contributed by atoms with Crippen LogP contribution < -0.4 is 5.56 Å². The minimum absolute atomic E-state index is 0.0593. The minimum Gasteiger partial charge on any atom is -0.508 e. The molecule has 1 aliphatic rings. The number of rotatable bonds is 3. The number of hydrogen-bond acceptors (Lipinski definition) is 2. The highest BCUT2D eigenvalue weighted by molar-refractivity contribution is 5.23. The Bertz CT molecular complexity index is 391. The van der Waals surface area contributed by atoms with Crippen LogP contribution >= 0.6 is 0 Å². The quantitative estimate of drug-likeness (QED) is 0.795. The van der Waals surface area contributed by atoms with Crippen LogP contribution in [0.2, 0.25) is 0 Å². The maximum atomic E-state index is 11.6. The summed E-state index contributed by atoms with van der Waals surface area (Å²) in [4.78, 5) is 11.6. The highest BCUT2D eigenvalue weighted by atomic mass is 16.3. The van der Waals surface area contributed by atoms with Crippen molar-refractivity contribution in [2.24, 2.45) is 0 Å². The van der Waals surface area contributed by atoms with Crippen LogP contribution in [0.5, 0.6) is 5.75 Å². The number of aromatic hydroxyl groups is 1. The summed E-state index contributed by atoms with van der Waals surface area (Å²) in [7, 11) is 0. The molecule has 1 saturated carbocycles. The summed E-state index contributed by atoms with van der Waals surface area (Å²) >= 11 is 0. The van der Waals surface area contributed by atoms with E-state index in [9.17, 15) is 9.90 Å². The van der Waals surface area contributed by atoms with Crippen LogP contribution in [0.25, 0.3) is 0 Å². The normalized spacial score (nSPS) is 15.8. The fourth-order valence-corrected chi connectivity index (χ4v) is 1.82. The predicted octanol–water partition coefficient (Wildman–Crippen LogP) is 1.84. The zero-order chi connectivity index (χ0) is 10.1. The lowest BCUT2D eigenvalue weighted by molar-refractivity contribution is 0.468. The summed E-state index contributed by atoms with van der Waals surface area (Å²) in [5.74, 6) is 0.0929. The average molecular weight is 193 g/mol. The summed E-state index contributed by atoms with van der Waals surface area (Å²) in [5.41, 5.74) is 0.913. The van der Waals surface area contributed by atoms with E-state index in [1.807, 2.05) is 4.57 Å². The third kappa shape index (κ3) is 1.67. The molecule has 1 aromatic rings. The molecule has 0 spiro atoms. The van der Waals surface area contributed by atoms with Gasteiger partial charge < -0.3 is 9.67 Å². The van der Waals surface area contributed by atoms with Gasteiger partial charge in [0, 0.05) is 17.8 Å². The third-order valence-corrected chi connectivity index (χ3v) is 2.55. The van der Waals surface area contributed by atoms with Crippen molar-refractivity contribution in [2.75, 3.05) is 0 Å². The number of aryl methyl sites for hydroxylation is 1. The lowest BCUT2D eigenvalue weighted by atomic mass is 10.2. The van der Waals surface area contributed by atoms with Crippen molar-refractivity contribution in [2.45, 2.75) is 38.6 Å². The van der Waals surface area contributed by atoms with Gasteiger partial charge in [0.25, 0.3) is 5.56 Å². The van der Waals surface area contributed by atoms with Crippen LogP contribution in [-0.2, 0) is 6.42 Å². The molecule has 76 valence electrons. The Kier molecular flexibility index (Phi) is 2.32. The first-order valence-corrected chi connectivity index (χ1v) is 5.17. The summed E-state index contributed by atoms with van der Waals surface area (Å²) < 4.78 is 1.84. The SMILES string of the molecule is CCCc1cc(O)cc(=O)n1C1CC1. The van der Waals surface area contributed by atoms with E-state index in [2.05, 4.69) is 6.92 Å². The largest absolute Gasteiger partial charge is 0.508 e. The summed E-state index contributed by atoms with van der Waals surface area (Å²) in [6.07, 6.45) is 4.05. The maximum absolute atomic E-state index is 11.6. The topological polar surface area (TPSA) is 42.2 Å². The molecule has 1 fully saturated rings. The number of nitrogens with zero attached hydrogens (tertiary/aromatic N) is 1. The second-order valence-electron chi connectivity index (χ2n) is 3.89. The molecule has 2 rings (SSSR count). The summed E-state index contributed by atoms with van der Waals surface area (Å²) in [6, 6.07) is 3.41. The Morgan fingerprint density at radius 2 is 2.21 bits per heavy atom. The number of pyridine rings is 1. The van der Waals surface area contributed by atoms with Crippen molar-refractivity contribution < 1.29 is 5.11 Å². The Labute approximate surface area is 83.0 Å². The van der Waals surface area contributed by atoms with Crippen molar-refractivity contribution in [3.05, 3.63) is 28.2 Å². The van der Waals surface area contributed by atoms with Gasteiger partial charge in [-0.2, -0.15) is 0 Å². The molecule has 0 aliphatic heterocycles. The molecule has 14 heavy (non-hydrogen) atoms. The molecular weight excluding hydrogens is 178 g/mol. The molecular formula is C11H15NO2. The Morgan fingerprint density at radius 3 is 2.79 bits per heavy atom. The molecule has 3 nitrogen and oxygen atoms in total. The van der Waals surface area contributed by atoms with Gasteiger partial charge in [-0.3, -0.25) is 4.79 Å². The summed E-state index contributed by atoms with van der Waals surface area (Å²) in [5, 5.41) is 9.33. The van der Waals surface area contributed by atoms with E-state index in [0.717, 1.165) is 31.4 Å². The Morgan fingerprint density at radius 1 is 1.50 bits per heavy atom. The standard InChI is InChI=1S/C11H15NO2/c1-2-3-9-6-10(13)7-11(14)12(9)8-4-5-8/h6-8,13H,2-5H2,1H3. The molecule has 0 saturated heterocycles. The lowest BCUT2D eigenvalue weighted by Crippen LogP contribution is -2.21. The maximum Gasteiger partial charge on any atom is 0.254 e. The molecule has 0 aromatic carbocycles. The van der Waals surface area contributed by atoms with Gasteiger partial charge >= 0.3 is 0 Å². The van der Waals surface area contributed by atoms with Gasteiger partial charge in [0.05, 0.1) is 0 Å². The molecule has 0 amide bonds. The zero-order valence-electron chi connectivity index (χ0n) is 8.36. The van der Waals surface area contributed by atoms with Crippen LogP contribution in [0, 0.1) is 0 Å². The van der Waals surface area contributed by atoms with Crippen molar-refractivity contribution in [3.63, 3.8) is 0 Å². The van der Waals surface area contributed by atoms with Gasteiger partial charge in [0.2, 0.25) is 0 Å². The number of aromatic nitrogens is 1. The first-order valence-electron chi connectivity index (χ1n) is 5.17. The molecule has 1 heterocycles. The Hall–Kier alpha value is -1.25. The van der Waals surface area contributed by atoms with Gasteiger partial charge in [0.1, 0.15) is 5.75 Å². The van der Waals surface area contributed by atoms with E-state index in [1.165, 1.54) is 6.07 Å². The second kappa shape index (κ2) is 3.48. The molecule has 0 unspecified atom stereocenters. The van der Waals surface area contributed by atoms with E-state index in [4.69, 9.17) is 0 Å². The molecule has 0 atom stereocenters. The van der Waals surface area contributed by atoms with Gasteiger partial charge in [-0.1, -0.05) is 13.3 Å². The van der Waals surface area contributed by atoms with Crippen molar-refractivity contribution in [1.82, 2.24) is 4.57 Å². The van der Waals surface area contributed by atoms with Gasteiger partial charge in [0.15, 0.2) is 0 Å². The molecule has 0 bridgehead atoms. The van der Waals surface area contributed by atoms with Gasteiger partial charge in [-0.15, -0.1) is 0 Å². The van der Waals surface area contributed by atoms with E-state index in [-0.39, 0.29) is 11.3 Å². The van der Waals surface area contributed by atoms with Gasteiger partial charge in [-0.25, -0.2) is 0 Å². The number of hydrogen-bond donors (Lipinski definition) is 1. The first kappa shape index (κ1) is 9.31. The van der Waals surface area contributed by atoms with Crippen molar-refractivity contribution in [1.29, 1.82) is 0 Å². The molecule has 0 radical (unpaired) electrons. The summed E-state index contributed by atoms with van der Waals surface area (Å²) in [6.45, 7) is 2.08. The highest BCUT2D eigenvalue weighted by Gasteiger charge is 2.26. The fourth-order valence-electron chi connectivity index (χ4n) is 1.82.